The molecule has 0 unspecified atom stereocenters. The monoisotopic (exact) mass is 151 g/mol. The second kappa shape index (κ2) is 7.05. The highest BCUT2D eigenvalue weighted by Crippen LogP contribution is 1.91. The summed E-state index contributed by atoms with van der Waals surface area (Å²) in [6.07, 6.45) is 1.11. The maximum atomic E-state index is 8.29. The highest BCUT2D eigenvalue weighted by atomic mass is 15.1. The summed E-state index contributed by atoms with van der Waals surface area (Å²) in [5.74, 6) is 0. The maximum absolute atomic E-state index is 8.29. The maximum Gasteiger partial charge on any atom is 0.0635 e. The summed E-state index contributed by atoms with van der Waals surface area (Å²) >= 11 is 0. The fourth-order valence-corrected chi connectivity index (χ4v) is 0.844. The first-order valence-electron chi connectivity index (χ1n) is 3.81. The van der Waals surface area contributed by atoms with Crippen LogP contribution < -0.4 is 0 Å². The molecule has 0 saturated carbocycles. The molecule has 0 aliphatic heterocycles. The largest absolute Gasteiger partial charge is 0.302 e. The Morgan fingerprint density at radius 1 is 1.09 bits per heavy atom. The molecule has 60 valence electrons. The van der Waals surface area contributed by atoms with E-state index in [1.165, 1.54) is 0 Å². The Hall–Kier alpha value is -1.06. The van der Waals surface area contributed by atoms with Crippen LogP contribution >= 0.6 is 0 Å². The second-order valence-corrected chi connectivity index (χ2v) is 2.25. The molecule has 0 radical (unpaired) electrons. The molecule has 0 bridgehead atoms. The normalized spacial score (nSPS) is 9.09. The molecule has 0 aromatic carbocycles. The topological polar surface area (TPSA) is 50.8 Å². The molecule has 0 heterocycles. The lowest BCUT2D eigenvalue weighted by atomic mass is 10.3. The van der Waals surface area contributed by atoms with Crippen LogP contribution in [-0.4, -0.2) is 24.5 Å². The van der Waals surface area contributed by atoms with Gasteiger partial charge in [-0.25, -0.2) is 0 Å². The third-order valence-corrected chi connectivity index (χ3v) is 1.53. The Bertz CT molecular complexity index is 145. The van der Waals surface area contributed by atoms with Gasteiger partial charge in [-0.05, 0) is 6.54 Å². The fourth-order valence-electron chi connectivity index (χ4n) is 0.844. The van der Waals surface area contributed by atoms with Crippen LogP contribution in [0.1, 0.15) is 19.8 Å². The number of rotatable bonds is 5. The molecule has 0 aromatic heterocycles. The van der Waals surface area contributed by atoms with E-state index in [4.69, 9.17) is 10.5 Å². The van der Waals surface area contributed by atoms with Gasteiger partial charge in [0.15, 0.2) is 0 Å². The van der Waals surface area contributed by atoms with Gasteiger partial charge < -0.3 is 4.90 Å². The zero-order valence-electron chi connectivity index (χ0n) is 6.88. The number of nitriles is 2. The lowest BCUT2D eigenvalue weighted by Crippen LogP contribution is -2.25. The van der Waals surface area contributed by atoms with Gasteiger partial charge in [-0.1, -0.05) is 6.92 Å². The minimum absolute atomic E-state index is 0.555. The Kier molecular flexibility index (Phi) is 6.37. The van der Waals surface area contributed by atoms with Crippen LogP contribution in [0, 0.1) is 22.7 Å². The van der Waals surface area contributed by atoms with E-state index in [2.05, 4.69) is 17.0 Å². The zero-order valence-corrected chi connectivity index (χ0v) is 6.88. The number of hydrogen-bond acceptors (Lipinski definition) is 3. The lowest BCUT2D eigenvalue weighted by molar-refractivity contribution is 0.302. The highest BCUT2D eigenvalue weighted by molar-refractivity contribution is 4.75. The number of hydrogen-bond donors (Lipinski definition) is 0. The van der Waals surface area contributed by atoms with E-state index in [1.54, 1.807) is 0 Å². The van der Waals surface area contributed by atoms with Crippen molar-refractivity contribution in [1.29, 1.82) is 10.5 Å². The van der Waals surface area contributed by atoms with Crippen LogP contribution in [0.25, 0.3) is 0 Å². The van der Waals surface area contributed by atoms with E-state index in [0.717, 1.165) is 19.6 Å². The summed E-state index contributed by atoms with van der Waals surface area (Å²) < 4.78 is 0. The van der Waals surface area contributed by atoms with Crippen molar-refractivity contribution in [1.82, 2.24) is 4.90 Å². The first-order chi connectivity index (χ1) is 5.35. The summed E-state index contributed by atoms with van der Waals surface area (Å²) in [6.45, 7) is 4.53. The molecule has 0 spiro atoms. The van der Waals surface area contributed by atoms with Crippen molar-refractivity contribution in [2.75, 3.05) is 19.6 Å². The molecule has 0 N–H and O–H groups in total. The quantitative estimate of drug-likeness (QED) is 0.592. The van der Waals surface area contributed by atoms with Gasteiger partial charge in [0.05, 0.1) is 12.1 Å². The van der Waals surface area contributed by atoms with E-state index in [1.807, 2.05) is 6.92 Å². The molecule has 0 amide bonds. The Morgan fingerprint density at radius 2 is 1.55 bits per heavy atom. The first kappa shape index (κ1) is 9.94. The van der Waals surface area contributed by atoms with Crippen molar-refractivity contribution in [3.05, 3.63) is 0 Å². The Labute approximate surface area is 67.8 Å². The van der Waals surface area contributed by atoms with Crippen LogP contribution in [0.5, 0.6) is 0 Å². The average molecular weight is 151 g/mol. The van der Waals surface area contributed by atoms with E-state index >= 15 is 0 Å². The SMILES string of the molecule is CCN(CCC#N)CCC#N. The van der Waals surface area contributed by atoms with Crippen molar-refractivity contribution in [3.63, 3.8) is 0 Å². The van der Waals surface area contributed by atoms with Gasteiger partial charge in [-0.3, -0.25) is 0 Å². The molecular formula is C8H13N3. The van der Waals surface area contributed by atoms with Crippen LogP contribution in [0.2, 0.25) is 0 Å². The molecule has 0 aliphatic rings. The summed E-state index contributed by atoms with van der Waals surface area (Å²) in [4.78, 5) is 2.10. The third-order valence-electron chi connectivity index (χ3n) is 1.53. The van der Waals surface area contributed by atoms with E-state index < -0.39 is 0 Å². The van der Waals surface area contributed by atoms with Gasteiger partial charge in [0.2, 0.25) is 0 Å². The van der Waals surface area contributed by atoms with Gasteiger partial charge in [0, 0.05) is 25.9 Å². The average Bonchev–Trinajstić information content (AvgIpc) is 2.05. The molecule has 0 fully saturated rings. The zero-order chi connectivity index (χ0) is 8.53. The molecule has 0 saturated heterocycles. The summed E-state index contributed by atoms with van der Waals surface area (Å²) in [5.41, 5.74) is 0. The van der Waals surface area contributed by atoms with Crippen LogP contribution in [-0.2, 0) is 0 Å². The predicted octanol–water partition coefficient (Wildman–Crippen LogP) is 1.14. The van der Waals surface area contributed by atoms with Crippen molar-refractivity contribution in [3.8, 4) is 12.1 Å². The standard InChI is InChI=1S/C8H13N3/c1-2-11(7-3-5-9)8-4-6-10/h2-4,7-8H2,1H3. The minimum Gasteiger partial charge on any atom is -0.302 e. The van der Waals surface area contributed by atoms with Crippen molar-refractivity contribution >= 4 is 0 Å². The molecule has 0 aromatic rings. The van der Waals surface area contributed by atoms with Gasteiger partial charge >= 0.3 is 0 Å². The molecule has 0 rings (SSSR count). The van der Waals surface area contributed by atoms with Crippen molar-refractivity contribution in [2.24, 2.45) is 0 Å². The minimum atomic E-state index is 0.555. The molecule has 11 heavy (non-hydrogen) atoms. The predicted molar refractivity (Wildman–Crippen MR) is 42.6 cm³/mol. The van der Waals surface area contributed by atoms with Crippen molar-refractivity contribution in [2.45, 2.75) is 19.8 Å². The van der Waals surface area contributed by atoms with Crippen LogP contribution in [0.15, 0.2) is 0 Å². The first-order valence-corrected chi connectivity index (χ1v) is 3.81. The number of nitrogens with zero attached hydrogens (tertiary/aromatic N) is 3. The summed E-state index contributed by atoms with van der Waals surface area (Å²) in [5, 5.41) is 16.6. The van der Waals surface area contributed by atoms with Gasteiger partial charge in [0.25, 0.3) is 0 Å². The highest BCUT2D eigenvalue weighted by Gasteiger charge is 1.99. The van der Waals surface area contributed by atoms with E-state index in [0.29, 0.717) is 12.8 Å². The van der Waals surface area contributed by atoms with Gasteiger partial charge in [0.1, 0.15) is 0 Å². The van der Waals surface area contributed by atoms with E-state index in [9.17, 15) is 0 Å². The molecule has 0 atom stereocenters. The van der Waals surface area contributed by atoms with Gasteiger partial charge in [-0.15, -0.1) is 0 Å². The molecule has 3 nitrogen and oxygen atoms in total. The van der Waals surface area contributed by atoms with Gasteiger partial charge in [-0.2, -0.15) is 10.5 Å². The summed E-state index contributed by atoms with van der Waals surface area (Å²) in [7, 11) is 0. The Morgan fingerprint density at radius 3 is 1.82 bits per heavy atom. The second-order valence-electron chi connectivity index (χ2n) is 2.25. The lowest BCUT2D eigenvalue weighted by Gasteiger charge is -2.16. The molecular weight excluding hydrogens is 138 g/mol. The van der Waals surface area contributed by atoms with E-state index in [-0.39, 0.29) is 0 Å². The third kappa shape index (κ3) is 5.39. The van der Waals surface area contributed by atoms with Crippen molar-refractivity contribution < 1.29 is 0 Å². The fraction of sp³-hybridized carbons (Fsp3) is 0.750. The van der Waals surface area contributed by atoms with Crippen LogP contribution in [0.4, 0.5) is 0 Å². The summed E-state index contributed by atoms with van der Waals surface area (Å²) in [6, 6.07) is 4.17. The smallest absolute Gasteiger partial charge is 0.0635 e. The molecule has 0 aliphatic carbocycles. The molecule has 3 heteroatoms. The Balaban J connectivity index is 3.44. The van der Waals surface area contributed by atoms with Crippen LogP contribution in [0.3, 0.4) is 0 Å².